The van der Waals surface area contributed by atoms with Crippen molar-refractivity contribution in [2.24, 2.45) is 0 Å². The number of hydrogen-bond donors (Lipinski definition) is 1. The van der Waals surface area contributed by atoms with Crippen LogP contribution in [0.25, 0.3) is 0 Å². The third-order valence-electron chi connectivity index (χ3n) is 6.67. The van der Waals surface area contributed by atoms with Crippen LogP contribution in [0.1, 0.15) is 55.2 Å². The normalized spacial score (nSPS) is 20.6. The van der Waals surface area contributed by atoms with E-state index in [1.807, 2.05) is 36.5 Å². The molecule has 2 fully saturated rings. The van der Waals surface area contributed by atoms with Crippen molar-refractivity contribution in [3.8, 4) is 5.75 Å². The predicted molar refractivity (Wildman–Crippen MR) is 139 cm³/mol. The fourth-order valence-corrected chi connectivity index (χ4v) is 5.67. The third kappa shape index (κ3) is 4.52. The first-order valence-electron chi connectivity index (χ1n) is 11.8. The monoisotopic (exact) mass is 496 g/mol. The number of thiocarbonyl (C=S) groups is 1. The van der Waals surface area contributed by atoms with Gasteiger partial charge >= 0.3 is 0 Å². The van der Waals surface area contributed by atoms with Gasteiger partial charge in [0.15, 0.2) is 5.11 Å². The lowest BCUT2D eigenvalue weighted by Crippen LogP contribution is -2.30. The van der Waals surface area contributed by atoms with E-state index < -0.39 is 0 Å². The van der Waals surface area contributed by atoms with Gasteiger partial charge in [0.2, 0.25) is 0 Å². The van der Waals surface area contributed by atoms with Gasteiger partial charge in [-0.05, 0) is 67.5 Å². The molecule has 3 heterocycles. The van der Waals surface area contributed by atoms with E-state index in [1.165, 1.54) is 31.4 Å². The Balaban J connectivity index is 1.54. The fourth-order valence-electron chi connectivity index (χ4n) is 5.10. The Morgan fingerprint density at radius 1 is 1.12 bits per heavy atom. The molecule has 0 radical (unpaired) electrons. The highest BCUT2D eigenvalue weighted by atomic mass is 35.5. The number of aromatic nitrogens is 2. The van der Waals surface area contributed by atoms with Crippen molar-refractivity contribution in [3.63, 3.8) is 0 Å². The molecule has 0 spiro atoms. The van der Waals surface area contributed by atoms with Crippen molar-refractivity contribution in [1.29, 1.82) is 0 Å². The molecule has 1 saturated heterocycles. The van der Waals surface area contributed by atoms with Gasteiger partial charge < -0.3 is 24.3 Å². The minimum atomic E-state index is -0.0832. The highest BCUT2D eigenvalue weighted by molar-refractivity contribution is 7.80. The Bertz CT molecular complexity index is 1130. The van der Waals surface area contributed by atoms with E-state index in [4.69, 9.17) is 33.3 Å². The summed E-state index contributed by atoms with van der Waals surface area (Å²) in [6.45, 7) is 0.947. The second kappa shape index (κ2) is 10.3. The van der Waals surface area contributed by atoms with Crippen LogP contribution in [-0.2, 0) is 4.74 Å². The number of nitrogens with zero attached hydrogens (tertiary/aromatic N) is 3. The van der Waals surface area contributed by atoms with Gasteiger partial charge in [0.25, 0.3) is 0 Å². The highest BCUT2D eigenvalue weighted by Crippen LogP contribution is 2.44. The average molecular weight is 497 g/mol. The van der Waals surface area contributed by atoms with Crippen LogP contribution in [0.4, 0.5) is 5.69 Å². The van der Waals surface area contributed by atoms with Crippen LogP contribution in [0.2, 0.25) is 5.02 Å². The number of rotatable bonds is 8. The summed E-state index contributed by atoms with van der Waals surface area (Å²) in [5.74, 6) is 0.632. The van der Waals surface area contributed by atoms with Gasteiger partial charge in [-0.15, -0.1) is 0 Å². The van der Waals surface area contributed by atoms with Crippen LogP contribution in [0.15, 0.2) is 60.9 Å². The summed E-state index contributed by atoms with van der Waals surface area (Å²) in [5.41, 5.74) is 3.11. The molecule has 8 heteroatoms. The van der Waals surface area contributed by atoms with E-state index in [0.717, 1.165) is 11.4 Å². The number of methoxy groups -OCH3 is 1. The zero-order valence-electron chi connectivity index (χ0n) is 19.2. The van der Waals surface area contributed by atoms with Crippen LogP contribution in [0.3, 0.4) is 0 Å². The van der Waals surface area contributed by atoms with Crippen molar-refractivity contribution in [2.45, 2.75) is 43.8 Å². The van der Waals surface area contributed by atoms with Gasteiger partial charge in [-0.1, -0.05) is 30.5 Å². The summed E-state index contributed by atoms with van der Waals surface area (Å²) < 4.78 is 13.3. The molecule has 1 aliphatic heterocycles. The molecular formula is C26H29ClN4O2S. The number of nitrogens with one attached hydrogen (secondary N) is 1. The summed E-state index contributed by atoms with van der Waals surface area (Å²) >= 11 is 12.5. The van der Waals surface area contributed by atoms with Gasteiger partial charge in [-0.3, -0.25) is 4.98 Å². The lowest BCUT2D eigenvalue weighted by molar-refractivity contribution is 0.146. The maximum absolute atomic E-state index is 6.62. The quantitative estimate of drug-likeness (QED) is 0.311. The molecule has 2 aliphatic rings. The topological polar surface area (TPSA) is 51.6 Å². The Morgan fingerprint density at radius 3 is 2.71 bits per heavy atom. The second-order valence-corrected chi connectivity index (χ2v) is 9.53. The summed E-state index contributed by atoms with van der Waals surface area (Å²) in [7, 11) is 1.65. The molecular weight excluding hydrogens is 468 g/mol. The molecule has 2 aromatic heterocycles. The first-order chi connectivity index (χ1) is 16.7. The minimum Gasteiger partial charge on any atom is -0.490 e. The molecule has 1 aromatic carbocycles. The van der Waals surface area contributed by atoms with Gasteiger partial charge in [0, 0.05) is 36.9 Å². The van der Waals surface area contributed by atoms with E-state index in [2.05, 4.69) is 44.2 Å². The van der Waals surface area contributed by atoms with Crippen LogP contribution < -0.4 is 15.0 Å². The van der Waals surface area contributed by atoms with E-state index in [-0.39, 0.29) is 12.1 Å². The molecule has 2 atom stereocenters. The molecule has 34 heavy (non-hydrogen) atoms. The zero-order valence-corrected chi connectivity index (χ0v) is 20.8. The molecule has 0 amide bonds. The molecule has 1 N–H and O–H groups in total. The maximum Gasteiger partial charge on any atom is 0.174 e. The van der Waals surface area contributed by atoms with Crippen molar-refractivity contribution in [2.75, 3.05) is 25.2 Å². The lowest BCUT2D eigenvalue weighted by Gasteiger charge is -2.30. The van der Waals surface area contributed by atoms with E-state index >= 15 is 0 Å². The summed E-state index contributed by atoms with van der Waals surface area (Å²) in [4.78, 5) is 6.84. The molecule has 6 nitrogen and oxygen atoms in total. The maximum atomic E-state index is 6.62. The average Bonchev–Trinajstić information content (AvgIpc) is 3.60. The number of benzene rings is 1. The summed E-state index contributed by atoms with van der Waals surface area (Å²) in [5, 5.41) is 4.74. The van der Waals surface area contributed by atoms with E-state index in [0.29, 0.717) is 35.1 Å². The van der Waals surface area contributed by atoms with Crippen LogP contribution in [-0.4, -0.2) is 35.0 Å². The van der Waals surface area contributed by atoms with Crippen molar-refractivity contribution >= 4 is 34.6 Å². The zero-order chi connectivity index (χ0) is 23.5. The molecule has 0 unspecified atom stereocenters. The van der Waals surface area contributed by atoms with Crippen molar-refractivity contribution < 1.29 is 9.47 Å². The predicted octanol–water partition coefficient (Wildman–Crippen LogP) is 5.85. The van der Waals surface area contributed by atoms with E-state index in [9.17, 15) is 0 Å². The SMILES string of the molecule is COCCOc1ccc(N2C(=S)N[C@H](c3ccccn3)[C@@H]2c2cccn2C2CCCC2)cc1Cl. The highest BCUT2D eigenvalue weighted by Gasteiger charge is 2.42. The van der Waals surface area contributed by atoms with Crippen LogP contribution >= 0.6 is 23.8 Å². The molecule has 1 saturated carbocycles. The first kappa shape index (κ1) is 23.1. The Kier molecular flexibility index (Phi) is 7.04. The van der Waals surface area contributed by atoms with Gasteiger partial charge in [0.05, 0.1) is 23.4 Å². The Hall–Kier alpha value is -2.61. The number of pyridine rings is 1. The van der Waals surface area contributed by atoms with Crippen molar-refractivity contribution in [1.82, 2.24) is 14.9 Å². The number of ether oxygens (including phenoxy) is 2. The summed E-state index contributed by atoms with van der Waals surface area (Å²) in [6.07, 6.45) is 9.01. The number of hydrogen-bond acceptors (Lipinski definition) is 4. The summed E-state index contributed by atoms with van der Waals surface area (Å²) in [6, 6.07) is 16.6. The van der Waals surface area contributed by atoms with Gasteiger partial charge in [-0.25, -0.2) is 0 Å². The second-order valence-electron chi connectivity index (χ2n) is 8.73. The first-order valence-corrected chi connectivity index (χ1v) is 12.5. The third-order valence-corrected chi connectivity index (χ3v) is 7.28. The number of halogens is 1. The van der Waals surface area contributed by atoms with Crippen molar-refractivity contribution in [3.05, 3.63) is 77.3 Å². The largest absolute Gasteiger partial charge is 0.490 e. The van der Waals surface area contributed by atoms with Gasteiger partial charge in [0.1, 0.15) is 18.4 Å². The molecule has 5 rings (SSSR count). The molecule has 0 bridgehead atoms. The smallest absolute Gasteiger partial charge is 0.174 e. The fraction of sp³-hybridized carbons (Fsp3) is 0.385. The Labute approximate surface area is 210 Å². The lowest BCUT2D eigenvalue weighted by atomic mass is 10.00. The minimum absolute atomic E-state index is 0.0608. The standard InChI is InChI=1S/C26H29ClN4O2S/c1-32-15-16-33-23-12-11-19(17-20(23)27)31-25(22-10-6-14-30(22)18-7-2-3-8-18)24(29-26(31)34)21-9-4-5-13-28-21/h4-6,9-14,17-18,24-25H,2-3,7-8,15-16H2,1H3,(H,29,34)/t24-,25+/m1/s1. The molecule has 3 aromatic rings. The molecule has 178 valence electrons. The van der Waals surface area contributed by atoms with Crippen LogP contribution in [0.5, 0.6) is 5.75 Å². The Morgan fingerprint density at radius 2 is 1.97 bits per heavy atom. The number of anilines is 1. The van der Waals surface area contributed by atoms with Crippen LogP contribution in [0, 0.1) is 0 Å². The molecule has 1 aliphatic carbocycles. The van der Waals surface area contributed by atoms with Gasteiger partial charge in [-0.2, -0.15) is 0 Å². The van der Waals surface area contributed by atoms with E-state index in [1.54, 1.807) is 7.11 Å².